The van der Waals surface area contributed by atoms with Crippen LogP contribution in [-0.4, -0.2) is 12.4 Å². The fraction of sp³-hybridized carbons (Fsp3) is 0. The van der Waals surface area contributed by atoms with Crippen LogP contribution < -0.4 is 10.1 Å². The molecule has 0 aliphatic heterocycles. The van der Waals surface area contributed by atoms with Gasteiger partial charge in [-0.25, -0.2) is 4.79 Å². The van der Waals surface area contributed by atoms with Gasteiger partial charge in [0.25, 0.3) is 0 Å². The average molecular weight is 164 g/mol. The Bertz CT molecular complexity index is 272. The van der Waals surface area contributed by atoms with Gasteiger partial charge >= 0.3 is 6.09 Å². The van der Waals surface area contributed by atoms with E-state index in [4.69, 9.17) is 10.1 Å². The second kappa shape index (κ2) is 4.12. The van der Waals surface area contributed by atoms with Crippen LogP contribution in [0.2, 0.25) is 0 Å². The summed E-state index contributed by atoms with van der Waals surface area (Å²) in [6.45, 7) is 0. The zero-order valence-electron chi connectivity index (χ0n) is 6.28. The Morgan fingerprint density at radius 2 is 2.08 bits per heavy atom. The Labute approximate surface area is 69.7 Å². The highest BCUT2D eigenvalue weighted by molar-refractivity contribution is 5.82. The first-order valence-electron chi connectivity index (χ1n) is 3.35. The fourth-order valence-corrected chi connectivity index (χ4v) is 0.684. The quantitative estimate of drug-likeness (QED) is 0.512. The number of benzene rings is 1. The molecule has 4 nitrogen and oxygen atoms in total. The lowest BCUT2D eigenvalue weighted by molar-refractivity contribution is 0.206. The zero-order valence-corrected chi connectivity index (χ0v) is 6.28. The van der Waals surface area contributed by atoms with Gasteiger partial charge in [0, 0.05) is 0 Å². The van der Waals surface area contributed by atoms with Gasteiger partial charge in [-0.05, 0) is 12.1 Å². The van der Waals surface area contributed by atoms with Crippen LogP contribution in [0.1, 0.15) is 0 Å². The maximum absolute atomic E-state index is 10.7. The largest absolute Gasteiger partial charge is 0.417 e. The molecule has 1 amide bonds. The summed E-state index contributed by atoms with van der Waals surface area (Å²) in [7, 11) is 0. The Balaban J connectivity index is 2.52. The maximum Gasteiger partial charge on any atom is 0.417 e. The molecule has 0 atom stereocenters. The van der Waals surface area contributed by atoms with E-state index in [1.165, 1.54) is 0 Å². The molecule has 0 aliphatic carbocycles. The number of hydrogen-bond donors (Lipinski definition) is 2. The first-order valence-corrected chi connectivity index (χ1v) is 3.35. The van der Waals surface area contributed by atoms with Crippen molar-refractivity contribution in [2.45, 2.75) is 0 Å². The highest BCUT2D eigenvalue weighted by Crippen LogP contribution is 2.07. The molecule has 0 fully saturated rings. The lowest BCUT2D eigenvalue weighted by Crippen LogP contribution is -2.24. The van der Waals surface area contributed by atoms with E-state index in [0.29, 0.717) is 5.75 Å². The summed E-state index contributed by atoms with van der Waals surface area (Å²) < 4.78 is 4.75. The van der Waals surface area contributed by atoms with Crippen molar-refractivity contribution in [1.82, 2.24) is 5.32 Å². The van der Waals surface area contributed by atoms with E-state index in [0.717, 1.165) is 6.34 Å². The molecule has 0 aromatic heterocycles. The Kier molecular flexibility index (Phi) is 2.84. The zero-order chi connectivity index (χ0) is 8.81. The number of para-hydroxylation sites is 1. The van der Waals surface area contributed by atoms with Crippen LogP contribution in [0.5, 0.6) is 5.75 Å². The Morgan fingerprint density at radius 3 is 2.67 bits per heavy atom. The third-order valence-electron chi connectivity index (χ3n) is 1.14. The predicted molar refractivity (Wildman–Crippen MR) is 44.4 cm³/mol. The first-order chi connectivity index (χ1) is 5.83. The number of rotatable bonds is 2. The van der Waals surface area contributed by atoms with Gasteiger partial charge in [0.15, 0.2) is 0 Å². The van der Waals surface area contributed by atoms with E-state index in [1.54, 1.807) is 24.3 Å². The minimum absolute atomic E-state index is 0.455. The minimum Gasteiger partial charge on any atom is -0.410 e. The Morgan fingerprint density at radius 1 is 1.42 bits per heavy atom. The molecule has 2 N–H and O–H groups in total. The van der Waals surface area contributed by atoms with Crippen molar-refractivity contribution in [2.24, 2.45) is 0 Å². The molecular formula is C8H8N2O2. The van der Waals surface area contributed by atoms with Gasteiger partial charge in [-0.15, -0.1) is 0 Å². The summed E-state index contributed by atoms with van der Waals surface area (Å²) in [5.74, 6) is 0.455. The maximum atomic E-state index is 10.7. The minimum atomic E-state index is -0.656. The van der Waals surface area contributed by atoms with Crippen molar-refractivity contribution in [3.05, 3.63) is 30.3 Å². The van der Waals surface area contributed by atoms with Gasteiger partial charge in [0.2, 0.25) is 0 Å². The van der Waals surface area contributed by atoms with Gasteiger partial charge in [-0.1, -0.05) is 18.2 Å². The third kappa shape index (κ3) is 2.42. The molecule has 0 bridgehead atoms. The average Bonchev–Trinajstić information content (AvgIpc) is 2.06. The van der Waals surface area contributed by atoms with Crippen LogP contribution in [0, 0.1) is 5.41 Å². The molecule has 0 aliphatic rings. The van der Waals surface area contributed by atoms with E-state index in [2.05, 4.69) is 5.32 Å². The van der Waals surface area contributed by atoms with Crippen LogP contribution in [0.4, 0.5) is 4.79 Å². The smallest absolute Gasteiger partial charge is 0.410 e. The molecule has 0 saturated heterocycles. The van der Waals surface area contributed by atoms with Gasteiger partial charge in [0.05, 0.1) is 6.34 Å². The molecule has 1 aromatic carbocycles. The molecule has 12 heavy (non-hydrogen) atoms. The molecule has 62 valence electrons. The monoisotopic (exact) mass is 164 g/mol. The molecule has 4 heteroatoms. The van der Waals surface area contributed by atoms with E-state index in [1.807, 2.05) is 6.07 Å². The number of carbonyl (C=O) groups is 1. The molecule has 0 heterocycles. The highest BCUT2D eigenvalue weighted by Gasteiger charge is 1.99. The van der Waals surface area contributed by atoms with Gasteiger partial charge in [-0.2, -0.15) is 0 Å². The third-order valence-corrected chi connectivity index (χ3v) is 1.14. The Hall–Kier alpha value is -1.84. The summed E-state index contributed by atoms with van der Waals surface area (Å²) in [6.07, 6.45) is 0.113. The summed E-state index contributed by atoms with van der Waals surface area (Å²) in [6, 6.07) is 8.65. The highest BCUT2D eigenvalue weighted by atomic mass is 16.5. The molecule has 1 rings (SSSR count). The van der Waals surface area contributed by atoms with E-state index < -0.39 is 6.09 Å². The van der Waals surface area contributed by atoms with Gasteiger partial charge in [-0.3, -0.25) is 10.7 Å². The summed E-state index contributed by atoms with van der Waals surface area (Å²) >= 11 is 0. The van der Waals surface area contributed by atoms with E-state index in [-0.39, 0.29) is 0 Å². The molecular weight excluding hydrogens is 156 g/mol. The summed E-state index contributed by atoms with van der Waals surface area (Å²) in [5, 5.41) is 8.64. The van der Waals surface area contributed by atoms with Crippen molar-refractivity contribution in [3.63, 3.8) is 0 Å². The fourth-order valence-electron chi connectivity index (χ4n) is 0.684. The van der Waals surface area contributed by atoms with Crippen LogP contribution >= 0.6 is 0 Å². The van der Waals surface area contributed by atoms with Crippen molar-refractivity contribution < 1.29 is 9.53 Å². The molecule has 0 radical (unpaired) electrons. The number of carbonyl (C=O) groups excluding carboxylic acids is 1. The number of ether oxygens (including phenoxy) is 1. The lowest BCUT2D eigenvalue weighted by Gasteiger charge is -2.00. The number of amides is 1. The molecule has 0 saturated carbocycles. The number of nitrogens with one attached hydrogen (secondary N) is 2. The van der Waals surface area contributed by atoms with E-state index in [9.17, 15) is 4.79 Å². The molecule has 1 aromatic rings. The number of hydrogen-bond acceptors (Lipinski definition) is 3. The van der Waals surface area contributed by atoms with E-state index >= 15 is 0 Å². The second-order valence-corrected chi connectivity index (χ2v) is 1.99. The van der Waals surface area contributed by atoms with Crippen molar-refractivity contribution in [2.75, 3.05) is 0 Å². The topological polar surface area (TPSA) is 62.2 Å². The van der Waals surface area contributed by atoms with Crippen molar-refractivity contribution in [3.8, 4) is 5.75 Å². The summed E-state index contributed by atoms with van der Waals surface area (Å²) in [5.41, 5.74) is 0. The first kappa shape index (κ1) is 8.26. The van der Waals surface area contributed by atoms with Crippen LogP contribution in [0.3, 0.4) is 0 Å². The molecule has 0 unspecified atom stereocenters. The summed E-state index contributed by atoms with van der Waals surface area (Å²) in [4.78, 5) is 10.7. The molecule has 0 spiro atoms. The normalized spacial score (nSPS) is 8.67. The van der Waals surface area contributed by atoms with Crippen LogP contribution in [-0.2, 0) is 0 Å². The SMILES string of the molecule is N=CNC(=O)Oc1ccccc1. The van der Waals surface area contributed by atoms with Crippen LogP contribution in [0.25, 0.3) is 0 Å². The second-order valence-electron chi connectivity index (χ2n) is 1.99. The van der Waals surface area contributed by atoms with Gasteiger partial charge in [0.1, 0.15) is 5.75 Å². The van der Waals surface area contributed by atoms with Crippen molar-refractivity contribution >= 4 is 12.4 Å². The van der Waals surface area contributed by atoms with Crippen molar-refractivity contribution in [1.29, 1.82) is 5.41 Å². The van der Waals surface area contributed by atoms with Gasteiger partial charge < -0.3 is 4.74 Å². The lowest BCUT2D eigenvalue weighted by atomic mass is 10.3. The predicted octanol–water partition coefficient (Wildman–Crippen LogP) is 1.38. The standard InChI is InChI=1S/C8H8N2O2/c9-6-10-8(11)12-7-4-2-1-3-5-7/h1-6H,(H2,9,10,11). The van der Waals surface area contributed by atoms with Crippen LogP contribution in [0.15, 0.2) is 30.3 Å².